The number of carbonyl (C=O) groups is 1. The molecule has 0 spiro atoms. The van der Waals surface area contributed by atoms with Crippen LogP contribution in [0.2, 0.25) is 0 Å². The molecule has 7 nitrogen and oxygen atoms in total. The maximum atomic E-state index is 11.6. The molecule has 1 aliphatic heterocycles. The normalized spacial score (nSPS) is 16.8. The average Bonchev–Trinajstić information content (AvgIpc) is 2.97. The van der Waals surface area contributed by atoms with Gasteiger partial charge in [-0.25, -0.2) is 0 Å². The van der Waals surface area contributed by atoms with Gasteiger partial charge in [0.1, 0.15) is 5.82 Å². The number of aromatic nitrogens is 4. The van der Waals surface area contributed by atoms with E-state index in [9.17, 15) is 4.79 Å². The molecule has 3 rings (SSSR count). The van der Waals surface area contributed by atoms with E-state index in [4.69, 9.17) is 9.84 Å². The first kappa shape index (κ1) is 15.7. The highest BCUT2D eigenvalue weighted by molar-refractivity contribution is 5.72. The summed E-state index contributed by atoms with van der Waals surface area (Å²) < 4.78 is 6.66. The number of nitrogens with zero attached hydrogens (tertiary/aromatic N) is 5. The summed E-state index contributed by atoms with van der Waals surface area (Å²) >= 11 is 0. The van der Waals surface area contributed by atoms with E-state index < -0.39 is 0 Å². The average molecular weight is 317 g/mol. The van der Waals surface area contributed by atoms with Crippen molar-refractivity contribution in [3.63, 3.8) is 0 Å². The Labute approximate surface area is 135 Å². The lowest BCUT2D eigenvalue weighted by Crippen LogP contribution is -2.37. The lowest BCUT2D eigenvalue weighted by molar-refractivity contribution is -0.146. The summed E-state index contributed by atoms with van der Waals surface area (Å²) in [4.78, 5) is 13.8. The van der Waals surface area contributed by atoms with Gasteiger partial charge in [-0.05, 0) is 25.0 Å². The third-order valence-electron chi connectivity index (χ3n) is 4.27. The molecule has 0 aliphatic carbocycles. The largest absolute Gasteiger partial charge is 0.469 e. The van der Waals surface area contributed by atoms with E-state index in [0.29, 0.717) is 0 Å². The summed E-state index contributed by atoms with van der Waals surface area (Å²) in [6, 6.07) is 3.91. The van der Waals surface area contributed by atoms with E-state index in [1.54, 1.807) is 0 Å². The molecule has 124 valence electrons. The number of fused-ring (bicyclic) bond motifs is 1. The molecular weight excluding hydrogens is 294 g/mol. The fourth-order valence-electron chi connectivity index (χ4n) is 2.93. The highest BCUT2D eigenvalue weighted by Gasteiger charge is 2.27. The summed E-state index contributed by atoms with van der Waals surface area (Å²) in [6.07, 6.45) is 1.58. The molecule has 3 heterocycles. The molecular formula is C16H23N5O2. The summed E-state index contributed by atoms with van der Waals surface area (Å²) in [5, 5.41) is 13.2. The van der Waals surface area contributed by atoms with Gasteiger partial charge in [0, 0.05) is 18.5 Å². The van der Waals surface area contributed by atoms with E-state index >= 15 is 0 Å². The Morgan fingerprint density at radius 3 is 2.52 bits per heavy atom. The number of piperidine rings is 1. The zero-order valence-corrected chi connectivity index (χ0v) is 14.1. The standard InChI is InChI=1S/C16H23N5O2/c1-16(2,3)15-18-17-12-5-6-13(19-21(12)15)20-9-7-11(8-10-20)14(22)23-4/h5-6,11H,7-10H2,1-4H3. The van der Waals surface area contributed by atoms with Gasteiger partial charge in [0.2, 0.25) is 0 Å². The van der Waals surface area contributed by atoms with Crippen LogP contribution in [-0.2, 0) is 14.9 Å². The highest BCUT2D eigenvalue weighted by atomic mass is 16.5. The van der Waals surface area contributed by atoms with Crippen LogP contribution in [-0.4, -0.2) is 46.0 Å². The molecule has 0 amide bonds. The minimum Gasteiger partial charge on any atom is -0.469 e. The number of hydrogen-bond donors (Lipinski definition) is 0. The Morgan fingerprint density at radius 1 is 1.22 bits per heavy atom. The van der Waals surface area contributed by atoms with Crippen molar-refractivity contribution in [3.05, 3.63) is 18.0 Å². The lowest BCUT2D eigenvalue weighted by atomic mass is 9.96. The molecule has 23 heavy (non-hydrogen) atoms. The number of methoxy groups -OCH3 is 1. The second kappa shape index (κ2) is 5.79. The molecule has 1 saturated heterocycles. The third-order valence-corrected chi connectivity index (χ3v) is 4.27. The molecule has 2 aromatic heterocycles. The summed E-state index contributed by atoms with van der Waals surface area (Å²) in [5.74, 6) is 1.63. The molecule has 0 unspecified atom stereocenters. The van der Waals surface area contributed by atoms with Gasteiger partial charge in [-0.3, -0.25) is 4.79 Å². The molecule has 7 heteroatoms. The van der Waals surface area contributed by atoms with E-state index in [1.807, 2.05) is 16.6 Å². The van der Waals surface area contributed by atoms with E-state index in [1.165, 1.54) is 7.11 Å². The minimum absolute atomic E-state index is 0.0000268. The minimum atomic E-state index is -0.122. The smallest absolute Gasteiger partial charge is 0.308 e. The molecule has 2 aromatic rings. The van der Waals surface area contributed by atoms with Crippen LogP contribution in [0.3, 0.4) is 0 Å². The third kappa shape index (κ3) is 3.00. The maximum absolute atomic E-state index is 11.6. The molecule has 0 N–H and O–H groups in total. The molecule has 0 bridgehead atoms. The topological polar surface area (TPSA) is 72.6 Å². The molecule has 0 atom stereocenters. The Balaban J connectivity index is 1.83. The summed E-state index contributed by atoms with van der Waals surface area (Å²) in [7, 11) is 1.45. The van der Waals surface area contributed by atoms with Crippen LogP contribution in [0, 0.1) is 5.92 Å². The van der Waals surface area contributed by atoms with Gasteiger partial charge in [0.25, 0.3) is 0 Å². The quantitative estimate of drug-likeness (QED) is 0.787. The Morgan fingerprint density at radius 2 is 1.91 bits per heavy atom. The van der Waals surface area contributed by atoms with Crippen LogP contribution < -0.4 is 4.90 Å². The van der Waals surface area contributed by atoms with Crippen LogP contribution in [0.5, 0.6) is 0 Å². The van der Waals surface area contributed by atoms with Crippen LogP contribution in [0.1, 0.15) is 39.4 Å². The number of anilines is 1. The van der Waals surface area contributed by atoms with Gasteiger partial charge in [-0.2, -0.15) is 4.52 Å². The molecule has 0 aromatic carbocycles. The van der Waals surface area contributed by atoms with Crippen molar-refractivity contribution >= 4 is 17.4 Å². The molecule has 0 radical (unpaired) electrons. The van der Waals surface area contributed by atoms with E-state index in [0.717, 1.165) is 43.2 Å². The van der Waals surface area contributed by atoms with Crippen molar-refractivity contribution in [3.8, 4) is 0 Å². The number of esters is 1. The zero-order valence-electron chi connectivity index (χ0n) is 14.1. The van der Waals surface area contributed by atoms with Crippen molar-refractivity contribution in [2.45, 2.75) is 39.0 Å². The first-order valence-corrected chi connectivity index (χ1v) is 7.96. The van der Waals surface area contributed by atoms with Crippen LogP contribution in [0.4, 0.5) is 5.82 Å². The fourth-order valence-corrected chi connectivity index (χ4v) is 2.93. The van der Waals surface area contributed by atoms with Crippen molar-refractivity contribution in [2.75, 3.05) is 25.1 Å². The second-order valence-corrected chi connectivity index (χ2v) is 7.02. The number of rotatable bonds is 2. The number of hydrogen-bond acceptors (Lipinski definition) is 6. The van der Waals surface area contributed by atoms with Gasteiger partial charge < -0.3 is 9.64 Å². The Bertz CT molecular complexity index is 711. The highest BCUT2D eigenvalue weighted by Crippen LogP contribution is 2.25. The van der Waals surface area contributed by atoms with Crippen molar-refractivity contribution in [1.29, 1.82) is 0 Å². The molecule has 1 fully saturated rings. The van der Waals surface area contributed by atoms with E-state index in [2.05, 4.69) is 35.9 Å². The zero-order chi connectivity index (χ0) is 16.6. The van der Waals surface area contributed by atoms with Gasteiger partial charge >= 0.3 is 5.97 Å². The second-order valence-electron chi connectivity index (χ2n) is 7.02. The first-order valence-electron chi connectivity index (χ1n) is 7.96. The Kier molecular flexibility index (Phi) is 3.95. The summed E-state index contributed by atoms with van der Waals surface area (Å²) in [6.45, 7) is 7.88. The van der Waals surface area contributed by atoms with Crippen molar-refractivity contribution < 1.29 is 9.53 Å². The fraction of sp³-hybridized carbons (Fsp3) is 0.625. The van der Waals surface area contributed by atoms with Crippen molar-refractivity contribution in [1.82, 2.24) is 19.8 Å². The monoisotopic (exact) mass is 317 g/mol. The maximum Gasteiger partial charge on any atom is 0.308 e. The van der Waals surface area contributed by atoms with Crippen molar-refractivity contribution in [2.24, 2.45) is 5.92 Å². The van der Waals surface area contributed by atoms with Gasteiger partial charge in [-0.15, -0.1) is 15.3 Å². The van der Waals surface area contributed by atoms with Crippen LogP contribution in [0.25, 0.3) is 5.65 Å². The summed E-state index contributed by atoms with van der Waals surface area (Å²) in [5.41, 5.74) is 0.631. The molecule has 0 saturated carbocycles. The number of ether oxygens (including phenoxy) is 1. The van der Waals surface area contributed by atoms with E-state index in [-0.39, 0.29) is 17.3 Å². The Hall–Kier alpha value is -2.18. The van der Waals surface area contributed by atoms with Gasteiger partial charge in [0.15, 0.2) is 11.5 Å². The first-order chi connectivity index (χ1) is 10.9. The molecule has 1 aliphatic rings. The van der Waals surface area contributed by atoms with Crippen LogP contribution in [0.15, 0.2) is 12.1 Å². The van der Waals surface area contributed by atoms with Gasteiger partial charge in [-0.1, -0.05) is 20.8 Å². The van der Waals surface area contributed by atoms with Crippen LogP contribution >= 0.6 is 0 Å². The number of carbonyl (C=O) groups excluding carboxylic acids is 1. The predicted octanol–water partition coefficient (Wildman–Crippen LogP) is 1.81. The van der Waals surface area contributed by atoms with Gasteiger partial charge in [0.05, 0.1) is 13.0 Å². The SMILES string of the molecule is COC(=O)C1CCN(c2ccc3nnc(C(C)(C)C)n3n2)CC1. The predicted molar refractivity (Wildman–Crippen MR) is 86.4 cm³/mol. The lowest BCUT2D eigenvalue weighted by Gasteiger charge is -2.31.